The number of hydrogen-bond acceptors (Lipinski definition) is 5. The Kier molecular flexibility index (Phi) is 4.90. The second-order valence-corrected chi connectivity index (χ2v) is 6.47. The largest absolute Gasteiger partial charge is 0.508 e. The molecule has 6 nitrogen and oxygen atoms in total. The highest BCUT2D eigenvalue weighted by Gasteiger charge is 2.36. The zero-order valence-electron chi connectivity index (χ0n) is 14.3. The first-order valence-electron chi connectivity index (χ1n) is 8.26. The van der Waals surface area contributed by atoms with Crippen molar-refractivity contribution in [2.75, 3.05) is 7.11 Å². The van der Waals surface area contributed by atoms with E-state index in [-0.39, 0.29) is 29.7 Å². The van der Waals surface area contributed by atoms with Crippen molar-refractivity contribution in [3.05, 3.63) is 53.2 Å². The first kappa shape index (κ1) is 17.2. The zero-order valence-corrected chi connectivity index (χ0v) is 14.3. The molecule has 0 aliphatic heterocycles. The fraction of sp³-hybridized carbons (Fsp3) is 0.368. The summed E-state index contributed by atoms with van der Waals surface area (Å²) in [5.74, 6) is 0.478. The fourth-order valence-corrected chi connectivity index (χ4v) is 3.05. The molecule has 0 spiro atoms. The van der Waals surface area contributed by atoms with Gasteiger partial charge >= 0.3 is 0 Å². The number of benzene rings is 1. The molecule has 6 heteroatoms. The number of methoxy groups -OCH3 is 1. The van der Waals surface area contributed by atoms with Crippen LogP contribution < -0.4 is 10.1 Å². The molecule has 1 aromatic heterocycles. The van der Waals surface area contributed by atoms with Crippen molar-refractivity contribution in [2.24, 2.45) is 5.92 Å². The summed E-state index contributed by atoms with van der Waals surface area (Å²) >= 11 is 0. The molecule has 0 bridgehead atoms. The average Bonchev–Trinajstić information content (AvgIpc) is 2.59. The van der Waals surface area contributed by atoms with Crippen LogP contribution in [0.3, 0.4) is 0 Å². The van der Waals surface area contributed by atoms with E-state index in [9.17, 15) is 15.0 Å². The van der Waals surface area contributed by atoms with Crippen molar-refractivity contribution < 1.29 is 19.7 Å². The molecule has 1 amide bonds. The molecule has 3 N–H and O–H groups in total. The Labute approximate surface area is 146 Å². The van der Waals surface area contributed by atoms with Crippen LogP contribution in [-0.2, 0) is 0 Å². The topological polar surface area (TPSA) is 91.7 Å². The van der Waals surface area contributed by atoms with E-state index in [0.717, 1.165) is 11.1 Å². The monoisotopic (exact) mass is 342 g/mol. The highest BCUT2D eigenvalue weighted by Crippen LogP contribution is 2.38. The van der Waals surface area contributed by atoms with E-state index in [1.54, 1.807) is 38.4 Å². The van der Waals surface area contributed by atoms with Crippen molar-refractivity contribution in [1.29, 1.82) is 0 Å². The van der Waals surface area contributed by atoms with Gasteiger partial charge in [0.25, 0.3) is 5.91 Å². The van der Waals surface area contributed by atoms with Gasteiger partial charge in [0, 0.05) is 17.8 Å². The second-order valence-electron chi connectivity index (χ2n) is 6.47. The van der Waals surface area contributed by atoms with Crippen molar-refractivity contribution in [2.45, 2.75) is 31.9 Å². The predicted octanol–water partition coefficient (Wildman–Crippen LogP) is 2.35. The third-order valence-electron chi connectivity index (χ3n) is 4.71. The number of aliphatic hydroxyl groups is 1. The molecule has 1 fully saturated rings. The predicted molar refractivity (Wildman–Crippen MR) is 92.6 cm³/mol. The number of aromatic nitrogens is 1. The van der Waals surface area contributed by atoms with Crippen LogP contribution in [0.15, 0.2) is 36.5 Å². The molecule has 0 unspecified atom stereocenters. The Bertz CT molecular complexity index is 755. The summed E-state index contributed by atoms with van der Waals surface area (Å²) in [5, 5.41) is 22.5. The summed E-state index contributed by atoms with van der Waals surface area (Å²) in [6.45, 7) is 1.78. The smallest absolute Gasteiger partial charge is 0.251 e. The molecular weight excluding hydrogens is 320 g/mol. The number of phenolic OH excluding ortho intramolecular Hbond substituents is 1. The molecule has 1 aliphatic carbocycles. The van der Waals surface area contributed by atoms with Crippen LogP contribution in [0, 0.1) is 12.8 Å². The molecule has 132 valence electrons. The van der Waals surface area contributed by atoms with Crippen molar-refractivity contribution in [1.82, 2.24) is 10.3 Å². The summed E-state index contributed by atoms with van der Waals surface area (Å²) in [4.78, 5) is 16.8. The van der Waals surface area contributed by atoms with E-state index in [1.165, 1.54) is 6.07 Å². The van der Waals surface area contributed by atoms with Gasteiger partial charge in [0.15, 0.2) is 0 Å². The number of phenols is 1. The number of pyridine rings is 1. The Morgan fingerprint density at radius 1 is 1.32 bits per heavy atom. The van der Waals surface area contributed by atoms with Gasteiger partial charge < -0.3 is 20.3 Å². The maximum atomic E-state index is 12.6. The first-order chi connectivity index (χ1) is 12.0. The number of rotatable bonds is 5. The van der Waals surface area contributed by atoms with Crippen LogP contribution in [0.25, 0.3) is 0 Å². The standard InChI is InChI=1S/C19H22N2O4/c1-11-3-4-12(9-16(11)23)19(24)21-18(14-7-15(22)8-14)13-5-6-17(25-2)20-10-13/h3-6,9-10,14-15,18,22-23H,7-8H2,1-2H3,(H,21,24)/t14?,15?,18-/m0/s1. The van der Waals surface area contributed by atoms with Gasteiger partial charge in [-0.3, -0.25) is 4.79 Å². The van der Waals surface area contributed by atoms with Crippen LogP contribution in [0.2, 0.25) is 0 Å². The summed E-state index contributed by atoms with van der Waals surface area (Å²) < 4.78 is 5.08. The van der Waals surface area contributed by atoms with E-state index in [2.05, 4.69) is 10.3 Å². The normalized spacial score (nSPS) is 20.4. The summed E-state index contributed by atoms with van der Waals surface area (Å²) in [6.07, 6.45) is 2.63. The molecule has 3 rings (SSSR count). The lowest BCUT2D eigenvalue weighted by atomic mass is 9.75. The van der Waals surface area contributed by atoms with Gasteiger partial charge in [0.05, 0.1) is 19.3 Å². The van der Waals surface area contributed by atoms with Crippen LogP contribution in [0.5, 0.6) is 11.6 Å². The highest BCUT2D eigenvalue weighted by molar-refractivity contribution is 5.95. The number of carbonyl (C=O) groups is 1. The van der Waals surface area contributed by atoms with Gasteiger partial charge in [-0.05, 0) is 48.9 Å². The van der Waals surface area contributed by atoms with Crippen molar-refractivity contribution >= 4 is 5.91 Å². The molecule has 1 saturated carbocycles. The number of aromatic hydroxyl groups is 1. The van der Waals surface area contributed by atoms with Crippen LogP contribution in [0.4, 0.5) is 0 Å². The molecule has 0 radical (unpaired) electrons. The highest BCUT2D eigenvalue weighted by atomic mass is 16.5. The molecule has 25 heavy (non-hydrogen) atoms. The Morgan fingerprint density at radius 3 is 2.64 bits per heavy atom. The zero-order chi connectivity index (χ0) is 18.0. The minimum absolute atomic E-state index is 0.0920. The number of aliphatic hydroxyl groups excluding tert-OH is 1. The van der Waals surface area contributed by atoms with E-state index in [4.69, 9.17) is 4.74 Å². The van der Waals surface area contributed by atoms with Gasteiger partial charge in [-0.1, -0.05) is 12.1 Å². The van der Waals surface area contributed by atoms with Crippen molar-refractivity contribution in [3.8, 4) is 11.6 Å². The minimum atomic E-state index is -0.320. The van der Waals surface area contributed by atoms with E-state index in [0.29, 0.717) is 24.3 Å². The number of carbonyl (C=O) groups excluding carboxylic acids is 1. The van der Waals surface area contributed by atoms with Gasteiger partial charge in [0.2, 0.25) is 5.88 Å². The second kappa shape index (κ2) is 7.11. The molecule has 1 heterocycles. The van der Waals surface area contributed by atoms with Crippen LogP contribution in [-0.4, -0.2) is 34.3 Å². The van der Waals surface area contributed by atoms with E-state index in [1.807, 2.05) is 6.07 Å². The Balaban J connectivity index is 1.81. The lowest BCUT2D eigenvalue weighted by molar-refractivity contribution is 0.0234. The van der Waals surface area contributed by atoms with Crippen LogP contribution >= 0.6 is 0 Å². The first-order valence-corrected chi connectivity index (χ1v) is 8.26. The maximum Gasteiger partial charge on any atom is 0.251 e. The SMILES string of the molecule is COc1ccc([C@H](NC(=O)c2ccc(C)c(O)c2)C2CC(O)C2)cn1. The van der Waals surface area contributed by atoms with Gasteiger partial charge in [-0.25, -0.2) is 4.98 Å². The van der Waals surface area contributed by atoms with Gasteiger partial charge in [-0.15, -0.1) is 0 Å². The molecular formula is C19H22N2O4. The number of aryl methyl sites for hydroxylation is 1. The van der Waals surface area contributed by atoms with E-state index < -0.39 is 0 Å². The van der Waals surface area contributed by atoms with Crippen LogP contribution in [0.1, 0.15) is 40.4 Å². The third kappa shape index (κ3) is 3.74. The quantitative estimate of drug-likeness (QED) is 0.776. The Hall–Kier alpha value is -2.60. The van der Waals surface area contributed by atoms with Gasteiger partial charge in [-0.2, -0.15) is 0 Å². The van der Waals surface area contributed by atoms with Gasteiger partial charge in [0.1, 0.15) is 5.75 Å². The minimum Gasteiger partial charge on any atom is -0.508 e. The Morgan fingerprint density at radius 2 is 2.08 bits per heavy atom. The van der Waals surface area contributed by atoms with E-state index >= 15 is 0 Å². The maximum absolute atomic E-state index is 12.6. The van der Waals surface area contributed by atoms with Crippen molar-refractivity contribution in [3.63, 3.8) is 0 Å². The number of amides is 1. The summed E-state index contributed by atoms with van der Waals surface area (Å²) in [5.41, 5.74) is 1.98. The average molecular weight is 342 g/mol. The molecule has 1 aliphatic rings. The summed E-state index contributed by atoms with van der Waals surface area (Å²) in [7, 11) is 1.55. The lowest BCUT2D eigenvalue weighted by Gasteiger charge is -2.38. The fourth-order valence-electron chi connectivity index (χ4n) is 3.05. The number of ether oxygens (including phenoxy) is 1. The lowest BCUT2D eigenvalue weighted by Crippen LogP contribution is -2.41. The third-order valence-corrected chi connectivity index (χ3v) is 4.71. The summed E-state index contributed by atoms with van der Waals surface area (Å²) in [6, 6.07) is 8.22. The molecule has 0 saturated heterocycles. The number of nitrogens with zero attached hydrogens (tertiary/aromatic N) is 1. The molecule has 1 aromatic carbocycles. The number of hydrogen-bond donors (Lipinski definition) is 3. The number of nitrogens with one attached hydrogen (secondary N) is 1. The molecule has 1 atom stereocenters. The molecule has 2 aromatic rings.